The van der Waals surface area contributed by atoms with Crippen molar-refractivity contribution in [2.45, 2.75) is 106 Å². The van der Waals surface area contributed by atoms with Crippen molar-refractivity contribution < 1.29 is 80.5 Å². The molecule has 3 aromatic heterocycles. The highest BCUT2D eigenvalue weighted by Crippen LogP contribution is 2.51. The Kier molecular flexibility index (Phi) is 17.9. The average molecular weight is 1090 g/mol. The van der Waals surface area contributed by atoms with Crippen LogP contribution in [0.4, 0.5) is 22.1 Å². The molecule has 11 atom stereocenters. The molecule has 7 rings (SSSR count). The average Bonchev–Trinajstić information content (AvgIpc) is 4.11. The number of fused-ring (bicyclic) bond motifs is 1. The maximum Gasteiger partial charge on any atom is 0.472 e. The first-order valence-corrected chi connectivity index (χ1v) is 26.9. The number of ether oxygens (including phenoxy) is 6. The first kappa shape index (κ1) is 54.8. The number of azide groups is 1. The molecule has 0 saturated carbocycles. The number of imidazole rings is 1. The number of nitrogens with one attached hydrogen (secondary N) is 1. The molecule has 1 amide bonds. The van der Waals surface area contributed by atoms with E-state index in [2.05, 4.69) is 35.3 Å². The van der Waals surface area contributed by atoms with Gasteiger partial charge in [-0.25, -0.2) is 38.5 Å². The highest BCUT2D eigenvalue weighted by molar-refractivity contribution is 8.77. The Morgan fingerprint density at radius 1 is 1.01 bits per heavy atom. The maximum atomic E-state index is 14.2. The van der Waals surface area contributed by atoms with Crippen molar-refractivity contribution in [2.24, 2.45) is 5.11 Å². The van der Waals surface area contributed by atoms with Crippen molar-refractivity contribution in [1.82, 2.24) is 34.4 Å². The summed E-state index contributed by atoms with van der Waals surface area (Å²) >= 11 is 0. The van der Waals surface area contributed by atoms with E-state index >= 15 is 0 Å². The van der Waals surface area contributed by atoms with E-state index in [0.717, 1.165) is 10.9 Å². The van der Waals surface area contributed by atoms with Crippen molar-refractivity contribution in [2.75, 3.05) is 37.0 Å². The monoisotopic (exact) mass is 1090 g/mol. The molecule has 0 bridgehead atoms. The first-order chi connectivity index (χ1) is 34.1. The zero-order valence-corrected chi connectivity index (χ0v) is 41.7. The number of alkyl carbamates (subject to hydrolysis) is 1. The predicted octanol–water partition coefficient (Wildman–Crippen LogP) is 2.87. The summed E-state index contributed by atoms with van der Waals surface area (Å²) in [5.74, 6) is -1.36. The number of rotatable bonds is 21. The molecule has 0 aliphatic carbocycles. The van der Waals surface area contributed by atoms with Gasteiger partial charge in [0.1, 0.15) is 60.8 Å². The van der Waals surface area contributed by atoms with Crippen molar-refractivity contribution in [3.8, 4) is 0 Å². The number of hydrogen-bond acceptors (Lipinski definition) is 24. The zero-order chi connectivity index (χ0) is 52.0. The second-order valence-electron chi connectivity index (χ2n) is 16.9. The highest BCUT2D eigenvalue weighted by atomic mass is 33.1. The molecule has 34 heteroatoms. The smallest absolute Gasteiger partial charge is 0.455 e. The zero-order valence-electron chi connectivity index (χ0n) is 38.2. The topological polar surface area (TPSA) is 424 Å². The van der Waals surface area contributed by atoms with Gasteiger partial charge in [0.05, 0.1) is 19.5 Å². The normalized spacial score (nSPS) is 25.7. The van der Waals surface area contributed by atoms with Gasteiger partial charge in [-0.15, -0.1) is 0 Å². The lowest BCUT2D eigenvalue weighted by molar-refractivity contribution is -0.181. The molecule has 0 spiro atoms. The minimum absolute atomic E-state index is 0.0222. The summed E-state index contributed by atoms with van der Waals surface area (Å²) in [6.07, 6.45) is -10.8. The van der Waals surface area contributed by atoms with Crippen molar-refractivity contribution in [1.29, 1.82) is 0 Å². The van der Waals surface area contributed by atoms with E-state index in [1.165, 1.54) is 56.9 Å². The van der Waals surface area contributed by atoms with Gasteiger partial charge in [-0.3, -0.25) is 22.7 Å². The van der Waals surface area contributed by atoms with Crippen molar-refractivity contribution in [3.05, 3.63) is 75.7 Å². The number of carbonyl (C=O) groups excluding carboxylic acids is 2. The Labute approximate surface area is 415 Å². The summed E-state index contributed by atoms with van der Waals surface area (Å²) in [6, 6.07) is 5.97. The van der Waals surface area contributed by atoms with E-state index in [0.29, 0.717) is 24.1 Å². The van der Waals surface area contributed by atoms with E-state index in [1.54, 1.807) is 12.1 Å². The number of phosphoric acid groups is 2. The van der Waals surface area contributed by atoms with Crippen LogP contribution < -0.4 is 22.5 Å². The third-order valence-corrected chi connectivity index (χ3v) is 15.3. The lowest BCUT2D eigenvalue weighted by Crippen LogP contribution is -2.48. The highest BCUT2D eigenvalue weighted by Gasteiger charge is 2.54. The van der Waals surface area contributed by atoms with Crippen LogP contribution in [-0.2, 0) is 62.5 Å². The van der Waals surface area contributed by atoms with Crippen LogP contribution in [0.2, 0.25) is 0 Å². The van der Waals surface area contributed by atoms with Crippen LogP contribution in [0.1, 0.15) is 51.6 Å². The Balaban J connectivity index is 1.14. The molecule has 3 aliphatic heterocycles. The van der Waals surface area contributed by atoms with E-state index in [4.69, 9.17) is 59.0 Å². The van der Waals surface area contributed by atoms with Gasteiger partial charge in [-0.1, -0.05) is 71.7 Å². The number of benzene rings is 1. The lowest BCUT2D eigenvalue weighted by Gasteiger charge is -2.29. The molecular formula is C38H50N12O18P2S2. The Hall–Kier alpha value is -4.98. The molecule has 72 heavy (non-hydrogen) atoms. The molecule has 6 heterocycles. The minimum Gasteiger partial charge on any atom is -0.455 e. The summed E-state index contributed by atoms with van der Waals surface area (Å²) in [4.78, 5) is 89.7. The predicted molar refractivity (Wildman–Crippen MR) is 251 cm³/mol. The second-order valence-corrected chi connectivity index (χ2v) is 22.7. The number of hydrogen-bond donors (Lipinski definition) is 7. The molecule has 3 fully saturated rings. The summed E-state index contributed by atoms with van der Waals surface area (Å²) in [7, 11) is -8.06. The fraction of sp³-hybridized carbons (Fsp3) is 0.553. The largest absolute Gasteiger partial charge is 0.472 e. The Bertz CT molecular complexity index is 2760. The minimum atomic E-state index is -5.46. The summed E-state index contributed by atoms with van der Waals surface area (Å²) in [6.45, 7) is 3.85. The maximum absolute atomic E-state index is 14.2. The van der Waals surface area contributed by atoms with Crippen LogP contribution >= 0.6 is 37.2 Å². The SMILES string of the molecule is CC(C)(C)SSCC(NC(=O)OCc1ccc(N=[N+]=[N-])cc1)C(=O)O[C@H]1[C@@H](O)[C@H](n2cnc3c(N)ncnc32)O[C@H]1COP(=O)(O)O[C@H]1[C@@H](O[C@@H]2CCCO2)[C@H](n2ccc(N)nc2=O)O[C@@H]1COP(=O)(O)O. The third kappa shape index (κ3) is 14.4. The molecule has 3 saturated heterocycles. The van der Waals surface area contributed by atoms with Gasteiger partial charge in [-0.2, -0.15) is 4.98 Å². The molecular weight excluding hydrogens is 1040 g/mol. The molecule has 0 radical (unpaired) electrons. The van der Waals surface area contributed by atoms with Crippen LogP contribution in [-0.4, -0.2) is 140 Å². The van der Waals surface area contributed by atoms with E-state index in [1.807, 2.05) is 20.8 Å². The number of nitrogen functional groups attached to an aromatic ring is 2. The number of aliphatic hydroxyl groups is 1. The molecule has 392 valence electrons. The second kappa shape index (κ2) is 23.5. The molecule has 2 unspecified atom stereocenters. The van der Waals surface area contributed by atoms with Gasteiger partial charge >= 0.3 is 33.4 Å². The number of anilines is 2. The lowest BCUT2D eigenvalue weighted by atomic mass is 10.1. The van der Waals surface area contributed by atoms with Crippen LogP contribution in [0.5, 0.6) is 0 Å². The number of nitrogens with zero attached hydrogens (tertiary/aromatic N) is 9. The van der Waals surface area contributed by atoms with Crippen LogP contribution in [0, 0.1) is 0 Å². The number of esters is 1. The number of aliphatic hydroxyl groups excluding tert-OH is 1. The van der Waals surface area contributed by atoms with Crippen LogP contribution in [0.25, 0.3) is 21.6 Å². The van der Waals surface area contributed by atoms with Crippen molar-refractivity contribution in [3.63, 3.8) is 0 Å². The van der Waals surface area contributed by atoms with Gasteiger partial charge in [0.25, 0.3) is 0 Å². The fourth-order valence-corrected chi connectivity index (χ4v) is 11.1. The first-order valence-electron chi connectivity index (χ1n) is 21.6. The van der Waals surface area contributed by atoms with Crippen molar-refractivity contribution >= 4 is 77.8 Å². The summed E-state index contributed by atoms with van der Waals surface area (Å²) in [5, 5.41) is 17.9. The Morgan fingerprint density at radius 2 is 1.74 bits per heavy atom. The van der Waals surface area contributed by atoms with E-state index < -0.39 is 108 Å². The van der Waals surface area contributed by atoms with Gasteiger partial charge in [-0.05, 0) is 23.6 Å². The van der Waals surface area contributed by atoms with Crippen LogP contribution in [0.15, 0.2) is 59.1 Å². The number of phosphoric ester groups is 2. The van der Waals surface area contributed by atoms with Gasteiger partial charge in [0, 0.05) is 40.3 Å². The van der Waals surface area contributed by atoms with Gasteiger partial charge < -0.3 is 65.0 Å². The van der Waals surface area contributed by atoms with E-state index in [-0.39, 0.29) is 46.5 Å². The number of amides is 1. The van der Waals surface area contributed by atoms with Crippen LogP contribution in [0.3, 0.4) is 0 Å². The third-order valence-electron chi connectivity index (χ3n) is 10.5. The molecule has 3 aliphatic rings. The molecule has 1 aromatic carbocycles. The Morgan fingerprint density at radius 3 is 2.42 bits per heavy atom. The standard InChI is InChI=1S/C38H50N12O18P2S2/c1-38(2,3)72-71-16-21(45-37(54)61-13-19-6-8-20(9-7-19)47-48-41)35(52)67-28-22(64-33(27(28)51)50-18-44-26-31(40)42-17-43-32(26)50)15-63-70(58,59)68-29-23(14-62-69(55,56)57)65-34(30(29)66-25-5-4-12-60-25)49-11-10-24(39)46-36(49)53/h6-11,17-18,21-23,25,27-30,33-34,51H,4-5,12-16H2,1-3H3,(H,45,54)(H,58,59)(H2,39,46,53)(H2,40,42,43)(H2,55,56,57)/t21?,22-,23+,25+,27+,28+,29+,30+,33+,34+/m0/s1. The van der Waals surface area contributed by atoms with Gasteiger partial charge in [0.2, 0.25) is 0 Å². The number of carbonyl (C=O) groups is 2. The van der Waals surface area contributed by atoms with Gasteiger partial charge in [0.15, 0.2) is 36.3 Å². The summed E-state index contributed by atoms with van der Waals surface area (Å²) < 4.78 is 78.7. The van der Waals surface area contributed by atoms with E-state index in [9.17, 15) is 43.3 Å². The number of aromatic nitrogens is 6. The molecule has 9 N–H and O–H groups in total. The number of nitrogens with two attached hydrogens (primary N) is 2. The fourth-order valence-electron chi connectivity index (χ4n) is 7.30. The quantitative estimate of drug-likeness (QED) is 0.0157. The molecule has 4 aromatic rings. The summed E-state index contributed by atoms with van der Waals surface area (Å²) in [5.41, 5.74) is 20.5. The molecule has 30 nitrogen and oxygen atoms in total.